The summed E-state index contributed by atoms with van der Waals surface area (Å²) in [6, 6.07) is 6.06. The van der Waals surface area contributed by atoms with Crippen LogP contribution in [-0.4, -0.2) is 45.1 Å². The first-order valence-electron chi connectivity index (χ1n) is 9.43. The standard InChI is InChI=1S/C14H12FN3O2.C7H10N2O2/c1-3-20-14(19)11-8-18(17-9(11)2)13-10(7-16)5-4-6-12(13)15;1-3-11-7(10)6-4-8-9-5(6)2/h4-6,8H,3H2,1-2H3;4H,3H2,1-2H3,(H,8,9). The van der Waals surface area contributed by atoms with Gasteiger partial charge in [-0.25, -0.2) is 18.7 Å². The fourth-order valence-electron chi connectivity index (χ4n) is 2.59. The van der Waals surface area contributed by atoms with Gasteiger partial charge in [-0.1, -0.05) is 6.07 Å². The molecule has 0 saturated heterocycles. The van der Waals surface area contributed by atoms with Gasteiger partial charge in [0.05, 0.1) is 30.7 Å². The molecule has 0 saturated carbocycles. The molecule has 3 aromatic rings. The largest absolute Gasteiger partial charge is 0.462 e. The maximum atomic E-state index is 13.9. The second kappa shape index (κ2) is 10.7. The monoisotopic (exact) mass is 427 g/mol. The minimum atomic E-state index is -0.582. The van der Waals surface area contributed by atoms with Gasteiger partial charge >= 0.3 is 11.9 Å². The zero-order chi connectivity index (χ0) is 23.0. The number of para-hydroxylation sites is 1. The number of halogens is 1. The van der Waals surface area contributed by atoms with Crippen LogP contribution in [0.15, 0.2) is 30.6 Å². The van der Waals surface area contributed by atoms with E-state index in [1.54, 1.807) is 27.7 Å². The van der Waals surface area contributed by atoms with Crippen molar-refractivity contribution in [2.24, 2.45) is 0 Å². The maximum absolute atomic E-state index is 13.9. The third-order valence-electron chi connectivity index (χ3n) is 4.06. The molecule has 31 heavy (non-hydrogen) atoms. The average Bonchev–Trinajstić information content (AvgIpc) is 3.34. The summed E-state index contributed by atoms with van der Waals surface area (Å²) >= 11 is 0. The maximum Gasteiger partial charge on any atom is 0.341 e. The lowest BCUT2D eigenvalue weighted by molar-refractivity contribution is 0.0516. The summed E-state index contributed by atoms with van der Waals surface area (Å²) < 4.78 is 24.7. The highest BCUT2D eigenvalue weighted by molar-refractivity contribution is 5.90. The van der Waals surface area contributed by atoms with Crippen molar-refractivity contribution in [1.29, 1.82) is 5.26 Å². The Labute approximate surface area is 178 Å². The molecule has 0 amide bonds. The van der Waals surface area contributed by atoms with Gasteiger partial charge in [0.15, 0.2) is 0 Å². The van der Waals surface area contributed by atoms with Gasteiger partial charge in [0, 0.05) is 11.9 Å². The van der Waals surface area contributed by atoms with Crippen LogP contribution in [0.5, 0.6) is 0 Å². The SMILES string of the molecule is CCOC(=O)c1cn(-c2c(F)cccc2C#N)nc1C.CCOC(=O)c1cn[nH]c1C. The van der Waals surface area contributed by atoms with Crippen molar-refractivity contribution in [3.8, 4) is 11.8 Å². The van der Waals surface area contributed by atoms with Crippen LogP contribution in [0.4, 0.5) is 4.39 Å². The summed E-state index contributed by atoms with van der Waals surface area (Å²) in [5.74, 6) is -1.42. The molecular weight excluding hydrogens is 405 g/mol. The Balaban J connectivity index is 0.000000262. The lowest BCUT2D eigenvalue weighted by atomic mass is 10.2. The fourth-order valence-corrected chi connectivity index (χ4v) is 2.59. The summed E-state index contributed by atoms with van der Waals surface area (Å²) in [6.45, 7) is 7.50. The van der Waals surface area contributed by atoms with E-state index in [4.69, 9.17) is 14.7 Å². The number of aromatic nitrogens is 4. The molecule has 0 aliphatic carbocycles. The smallest absolute Gasteiger partial charge is 0.341 e. The van der Waals surface area contributed by atoms with E-state index in [0.29, 0.717) is 17.9 Å². The van der Waals surface area contributed by atoms with Crippen molar-refractivity contribution < 1.29 is 23.5 Å². The lowest BCUT2D eigenvalue weighted by Gasteiger charge is -2.04. The lowest BCUT2D eigenvalue weighted by Crippen LogP contribution is -2.05. The van der Waals surface area contributed by atoms with Gasteiger partial charge in [0.1, 0.15) is 28.7 Å². The average molecular weight is 427 g/mol. The molecule has 1 N–H and O–H groups in total. The number of nitriles is 1. The number of ether oxygens (including phenoxy) is 2. The number of rotatable bonds is 5. The molecule has 10 heteroatoms. The molecule has 0 aliphatic heterocycles. The van der Waals surface area contributed by atoms with Crippen LogP contribution in [-0.2, 0) is 9.47 Å². The van der Waals surface area contributed by atoms with Gasteiger partial charge in [-0.05, 0) is 39.8 Å². The second-order valence-electron chi connectivity index (χ2n) is 6.17. The molecule has 0 radical (unpaired) electrons. The summed E-state index contributed by atoms with van der Waals surface area (Å²) in [5, 5.41) is 19.5. The Morgan fingerprint density at radius 2 is 1.81 bits per heavy atom. The molecule has 0 bridgehead atoms. The van der Waals surface area contributed by atoms with Crippen molar-refractivity contribution >= 4 is 11.9 Å². The van der Waals surface area contributed by atoms with E-state index in [9.17, 15) is 14.0 Å². The highest BCUT2D eigenvalue weighted by Crippen LogP contribution is 2.19. The van der Waals surface area contributed by atoms with Crippen LogP contribution in [0.1, 0.15) is 51.5 Å². The van der Waals surface area contributed by atoms with Crippen LogP contribution in [0.25, 0.3) is 5.69 Å². The van der Waals surface area contributed by atoms with Crippen LogP contribution in [0.2, 0.25) is 0 Å². The number of nitrogens with one attached hydrogen (secondary N) is 1. The number of benzene rings is 1. The molecule has 0 atom stereocenters. The molecule has 1 aromatic carbocycles. The number of carbonyl (C=O) groups excluding carboxylic acids is 2. The van der Waals surface area contributed by atoms with Crippen molar-refractivity contribution in [1.82, 2.24) is 20.0 Å². The summed E-state index contributed by atoms with van der Waals surface area (Å²) in [5.41, 5.74) is 2.07. The summed E-state index contributed by atoms with van der Waals surface area (Å²) in [6.07, 6.45) is 2.83. The van der Waals surface area contributed by atoms with E-state index in [2.05, 4.69) is 15.3 Å². The zero-order valence-electron chi connectivity index (χ0n) is 17.6. The molecule has 2 heterocycles. The minimum absolute atomic E-state index is 0.0219. The van der Waals surface area contributed by atoms with Crippen molar-refractivity contribution in [3.05, 3.63) is 64.5 Å². The highest BCUT2D eigenvalue weighted by atomic mass is 19.1. The first-order valence-corrected chi connectivity index (χ1v) is 9.43. The number of esters is 2. The molecule has 0 fully saturated rings. The number of hydrogen-bond acceptors (Lipinski definition) is 7. The number of hydrogen-bond donors (Lipinski definition) is 1. The van der Waals surface area contributed by atoms with Gasteiger partial charge < -0.3 is 9.47 Å². The Morgan fingerprint density at radius 3 is 2.35 bits per heavy atom. The van der Waals surface area contributed by atoms with E-state index < -0.39 is 11.8 Å². The number of aromatic amines is 1. The molecule has 9 nitrogen and oxygen atoms in total. The van der Waals surface area contributed by atoms with Crippen molar-refractivity contribution in [2.75, 3.05) is 13.2 Å². The van der Waals surface area contributed by atoms with Crippen LogP contribution >= 0.6 is 0 Å². The third kappa shape index (κ3) is 5.54. The van der Waals surface area contributed by atoms with Gasteiger partial charge in [0.25, 0.3) is 0 Å². The topological polar surface area (TPSA) is 123 Å². The fraction of sp³-hybridized carbons (Fsp3) is 0.286. The number of H-pyrrole nitrogens is 1. The highest BCUT2D eigenvalue weighted by Gasteiger charge is 2.18. The summed E-state index contributed by atoms with van der Waals surface area (Å²) in [4.78, 5) is 22.8. The van der Waals surface area contributed by atoms with Crippen molar-refractivity contribution in [3.63, 3.8) is 0 Å². The van der Waals surface area contributed by atoms with Gasteiger partial charge in [0.2, 0.25) is 0 Å². The summed E-state index contributed by atoms with van der Waals surface area (Å²) in [7, 11) is 0. The molecule has 0 unspecified atom stereocenters. The molecule has 3 rings (SSSR count). The second-order valence-corrected chi connectivity index (χ2v) is 6.17. The quantitative estimate of drug-likeness (QED) is 0.620. The van der Waals surface area contributed by atoms with E-state index >= 15 is 0 Å². The Morgan fingerprint density at radius 1 is 1.16 bits per heavy atom. The van der Waals surface area contributed by atoms with Crippen LogP contribution in [0, 0.1) is 31.0 Å². The van der Waals surface area contributed by atoms with Gasteiger partial charge in [-0.3, -0.25) is 5.10 Å². The Hall–Kier alpha value is -4.00. The van der Waals surface area contributed by atoms with E-state index in [0.717, 1.165) is 5.69 Å². The van der Waals surface area contributed by atoms with E-state index in [1.807, 2.05) is 6.07 Å². The molecular formula is C21H22FN5O4. The third-order valence-corrected chi connectivity index (χ3v) is 4.06. The van der Waals surface area contributed by atoms with Crippen LogP contribution in [0.3, 0.4) is 0 Å². The number of carbonyl (C=O) groups is 2. The Kier molecular flexibility index (Phi) is 8.02. The first kappa shape index (κ1) is 23.3. The molecule has 2 aromatic heterocycles. The predicted molar refractivity (Wildman–Crippen MR) is 108 cm³/mol. The van der Waals surface area contributed by atoms with E-state index in [1.165, 1.54) is 35.3 Å². The normalized spacial score (nSPS) is 9.94. The zero-order valence-corrected chi connectivity index (χ0v) is 17.6. The molecule has 0 spiro atoms. The predicted octanol–water partition coefficient (Wildman–Crippen LogP) is 3.26. The number of nitrogens with zero attached hydrogens (tertiary/aromatic N) is 4. The number of aryl methyl sites for hydroxylation is 2. The minimum Gasteiger partial charge on any atom is -0.462 e. The van der Waals surface area contributed by atoms with Gasteiger partial charge in [-0.15, -0.1) is 0 Å². The molecule has 0 aliphatic rings. The van der Waals surface area contributed by atoms with E-state index in [-0.39, 0.29) is 29.4 Å². The molecule has 162 valence electrons. The van der Waals surface area contributed by atoms with Gasteiger partial charge in [-0.2, -0.15) is 15.5 Å². The Bertz CT molecular complexity index is 1110. The van der Waals surface area contributed by atoms with Crippen LogP contribution < -0.4 is 0 Å². The van der Waals surface area contributed by atoms with Crippen molar-refractivity contribution in [2.45, 2.75) is 27.7 Å². The first-order chi connectivity index (χ1) is 14.8.